The van der Waals surface area contributed by atoms with Crippen LogP contribution in [0.25, 0.3) is 32.4 Å². The van der Waals surface area contributed by atoms with Gasteiger partial charge in [-0.15, -0.1) is 0 Å². The Labute approximate surface area is 99.0 Å². The summed E-state index contributed by atoms with van der Waals surface area (Å²) in [6.07, 6.45) is 0. The van der Waals surface area contributed by atoms with E-state index < -0.39 is 0 Å². The van der Waals surface area contributed by atoms with Crippen molar-refractivity contribution in [1.29, 1.82) is 0 Å². The molecule has 4 aromatic rings. The van der Waals surface area contributed by atoms with Gasteiger partial charge < -0.3 is 5.11 Å². The molecule has 5 heteroatoms. The van der Waals surface area contributed by atoms with Crippen molar-refractivity contribution in [3.05, 3.63) is 45.0 Å². The number of nitrogens with one attached hydrogen (secondary N) is 1. The maximum Gasteiger partial charge on any atom is 0.278 e. The Bertz CT molecular complexity index is 1020. The molecule has 2 N–H and O–H groups in total. The Balaban J connectivity index is 2.57. The molecule has 5 nitrogen and oxygen atoms in total. The summed E-state index contributed by atoms with van der Waals surface area (Å²) in [5.74, 6) is -0.185. The Morgan fingerprint density at radius 3 is 2.50 bits per heavy atom. The zero-order chi connectivity index (χ0) is 12.4. The average Bonchev–Trinajstić information content (AvgIpc) is 2.67. The zero-order valence-electron chi connectivity index (χ0n) is 9.02. The average molecular weight is 238 g/mol. The Kier molecular flexibility index (Phi) is 1.43. The number of hydrogen-bond donors (Lipinski definition) is 2. The molecule has 86 valence electrons. The van der Waals surface area contributed by atoms with Crippen LogP contribution in [0.1, 0.15) is 0 Å². The molecule has 0 radical (unpaired) electrons. The standard InChI is InChI=1S/C13H6N2O3/c16-11-7-2-1-5-9-6(13(18)15-12(5)17)3-4-8(14-11)10(7)9/h1-4H,(H2,15,17,18). The van der Waals surface area contributed by atoms with Crippen LogP contribution in [0.4, 0.5) is 0 Å². The minimum atomic E-state index is -0.372. The molecule has 4 rings (SSSR count). The summed E-state index contributed by atoms with van der Waals surface area (Å²) < 4.78 is 0. The van der Waals surface area contributed by atoms with Crippen LogP contribution in [0.2, 0.25) is 0 Å². The lowest BCUT2D eigenvalue weighted by molar-refractivity contribution is 0.459. The molecule has 0 amide bonds. The summed E-state index contributed by atoms with van der Waals surface area (Å²) in [5.41, 5.74) is -0.125. The second-order valence-electron chi connectivity index (χ2n) is 4.26. The monoisotopic (exact) mass is 238 g/mol. The van der Waals surface area contributed by atoms with Gasteiger partial charge in [-0.25, -0.2) is 4.98 Å². The highest BCUT2D eigenvalue weighted by Gasteiger charge is 2.16. The van der Waals surface area contributed by atoms with Crippen LogP contribution in [0.5, 0.6) is 5.88 Å². The van der Waals surface area contributed by atoms with Crippen molar-refractivity contribution in [3.8, 4) is 5.88 Å². The van der Waals surface area contributed by atoms with Crippen molar-refractivity contribution < 1.29 is 5.11 Å². The molecule has 0 saturated carbocycles. The van der Waals surface area contributed by atoms with Gasteiger partial charge in [0.1, 0.15) is 0 Å². The highest BCUT2D eigenvalue weighted by Crippen LogP contribution is 2.33. The minimum absolute atomic E-state index is 0.185. The van der Waals surface area contributed by atoms with Crippen molar-refractivity contribution in [2.45, 2.75) is 0 Å². The van der Waals surface area contributed by atoms with Crippen LogP contribution >= 0.6 is 0 Å². The fraction of sp³-hybridized carbons (Fsp3) is 0. The second-order valence-corrected chi connectivity index (χ2v) is 4.26. The smallest absolute Gasteiger partial charge is 0.278 e. The van der Waals surface area contributed by atoms with Crippen molar-refractivity contribution in [2.75, 3.05) is 0 Å². The lowest BCUT2D eigenvalue weighted by atomic mass is 10.0. The van der Waals surface area contributed by atoms with E-state index >= 15 is 0 Å². The fourth-order valence-electron chi connectivity index (χ4n) is 2.55. The van der Waals surface area contributed by atoms with Crippen LogP contribution in [0.3, 0.4) is 0 Å². The molecule has 0 spiro atoms. The Morgan fingerprint density at radius 2 is 1.67 bits per heavy atom. The van der Waals surface area contributed by atoms with Gasteiger partial charge in [0.2, 0.25) is 0 Å². The summed E-state index contributed by atoms with van der Waals surface area (Å²) >= 11 is 0. The van der Waals surface area contributed by atoms with E-state index in [1.807, 2.05) is 0 Å². The first-order chi connectivity index (χ1) is 8.66. The van der Waals surface area contributed by atoms with Gasteiger partial charge in [0.15, 0.2) is 5.88 Å². The number of pyridine rings is 1. The zero-order valence-corrected chi connectivity index (χ0v) is 9.02. The summed E-state index contributed by atoms with van der Waals surface area (Å²) in [7, 11) is 0. The topological polar surface area (TPSA) is 83.0 Å². The fourth-order valence-corrected chi connectivity index (χ4v) is 2.55. The lowest BCUT2D eigenvalue weighted by Gasteiger charge is -2.05. The van der Waals surface area contributed by atoms with Gasteiger partial charge in [-0.3, -0.25) is 14.6 Å². The molecule has 0 fully saturated rings. The first-order valence-electron chi connectivity index (χ1n) is 5.40. The van der Waals surface area contributed by atoms with Crippen LogP contribution < -0.4 is 11.1 Å². The quantitative estimate of drug-likeness (QED) is 0.481. The molecule has 0 saturated heterocycles. The van der Waals surface area contributed by atoms with Crippen molar-refractivity contribution >= 4 is 32.4 Å². The number of hydrogen-bond acceptors (Lipinski definition) is 4. The van der Waals surface area contributed by atoms with E-state index in [2.05, 4.69) is 9.97 Å². The third-order valence-corrected chi connectivity index (χ3v) is 3.32. The summed E-state index contributed by atoms with van der Waals surface area (Å²) in [6, 6.07) is 6.52. The largest absolute Gasteiger partial charge is 0.494 e. The summed E-state index contributed by atoms with van der Waals surface area (Å²) in [4.78, 5) is 29.8. The predicted molar refractivity (Wildman–Crippen MR) is 67.7 cm³/mol. The lowest BCUT2D eigenvalue weighted by Crippen LogP contribution is -2.06. The number of rotatable bonds is 0. The van der Waals surface area contributed by atoms with Gasteiger partial charge >= 0.3 is 0 Å². The first-order valence-corrected chi connectivity index (χ1v) is 5.40. The number of aromatic hydroxyl groups is 1. The molecule has 2 aromatic heterocycles. The highest BCUT2D eigenvalue weighted by molar-refractivity contribution is 6.23. The molecule has 0 aliphatic carbocycles. The van der Waals surface area contributed by atoms with Gasteiger partial charge in [-0.05, 0) is 24.3 Å². The SMILES string of the molecule is O=c1nc2ccc3c(O)[nH]c(=O)c4ccc1c2c34. The van der Waals surface area contributed by atoms with Crippen LogP contribution in [-0.4, -0.2) is 15.1 Å². The number of benzene rings is 2. The van der Waals surface area contributed by atoms with Crippen LogP contribution in [-0.2, 0) is 0 Å². The second kappa shape index (κ2) is 2.76. The molecule has 18 heavy (non-hydrogen) atoms. The maximum atomic E-state index is 11.8. The summed E-state index contributed by atoms with van der Waals surface area (Å²) in [5, 5.41) is 12.5. The van der Waals surface area contributed by atoms with Crippen molar-refractivity contribution in [3.63, 3.8) is 0 Å². The Hall–Kier alpha value is -2.69. The molecular weight excluding hydrogens is 232 g/mol. The number of H-pyrrole nitrogens is 1. The predicted octanol–water partition coefficient (Wildman–Crippen LogP) is 1.17. The Morgan fingerprint density at radius 1 is 0.944 bits per heavy atom. The van der Waals surface area contributed by atoms with E-state index in [-0.39, 0.29) is 17.0 Å². The van der Waals surface area contributed by atoms with Crippen LogP contribution in [0, 0.1) is 0 Å². The molecular formula is C13H6N2O3. The molecule has 0 unspecified atom stereocenters. The van der Waals surface area contributed by atoms with Gasteiger partial charge in [0.25, 0.3) is 11.1 Å². The number of aromatic amines is 1. The molecule has 2 heterocycles. The van der Waals surface area contributed by atoms with Gasteiger partial charge in [-0.1, -0.05) is 0 Å². The molecule has 2 aromatic carbocycles. The molecule has 0 aliphatic rings. The molecule has 0 aliphatic heterocycles. The highest BCUT2D eigenvalue weighted by atomic mass is 16.3. The van der Waals surface area contributed by atoms with E-state index in [0.717, 1.165) is 0 Å². The van der Waals surface area contributed by atoms with E-state index in [0.29, 0.717) is 32.4 Å². The van der Waals surface area contributed by atoms with Gasteiger partial charge in [0, 0.05) is 21.5 Å². The summed E-state index contributed by atoms with van der Waals surface area (Å²) in [6.45, 7) is 0. The first kappa shape index (κ1) is 9.35. The van der Waals surface area contributed by atoms with Crippen molar-refractivity contribution in [1.82, 2.24) is 9.97 Å². The molecule has 0 bridgehead atoms. The minimum Gasteiger partial charge on any atom is -0.494 e. The van der Waals surface area contributed by atoms with Crippen LogP contribution in [0.15, 0.2) is 33.9 Å². The van der Waals surface area contributed by atoms with E-state index in [1.165, 1.54) is 0 Å². The normalized spacial score (nSPS) is 12.0. The maximum absolute atomic E-state index is 11.8. The van der Waals surface area contributed by atoms with E-state index in [1.54, 1.807) is 24.3 Å². The molecule has 0 atom stereocenters. The van der Waals surface area contributed by atoms with Gasteiger partial charge in [0.05, 0.1) is 10.9 Å². The van der Waals surface area contributed by atoms with Gasteiger partial charge in [-0.2, -0.15) is 0 Å². The third-order valence-electron chi connectivity index (χ3n) is 3.32. The number of nitrogens with zero attached hydrogens (tertiary/aromatic N) is 1. The van der Waals surface area contributed by atoms with E-state index in [9.17, 15) is 14.7 Å². The number of aromatic nitrogens is 2. The van der Waals surface area contributed by atoms with E-state index in [4.69, 9.17) is 0 Å². The third kappa shape index (κ3) is 0.901. The van der Waals surface area contributed by atoms with Crippen molar-refractivity contribution in [2.24, 2.45) is 0 Å².